The molecule has 0 bridgehead atoms. The third kappa shape index (κ3) is 3.58. The van der Waals surface area contributed by atoms with Crippen molar-refractivity contribution in [2.45, 2.75) is 26.0 Å². The summed E-state index contributed by atoms with van der Waals surface area (Å²) in [5, 5.41) is 0. The van der Waals surface area contributed by atoms with Gasteiger partial charge in [-0.2, -0.15) is 0 Å². The molecule has 1 atom stereocenters. The van der Waals surface area contributed by atoms with Crippen LogP contribution in [0.2, 0.25) is 0 Å². The Balaban J connectivity index is 1.97. The van der Waals surface area contributed by atoms with E-state index in [1.54, 1.807) is 0 Å². The highest BCUT2D eigenvalue weighted by atomic mass is 79.9. The summed E-state index contributed by atoms with van der Waals surface area (Å²) in [5.74, 6) is 0. The summed E-state index contributed by atoms with van der Waals surface area (Å²) < 4.78 is 6.80. The SMILES string of the molecule is CC1CN(Cc2cccc(Br)c2)CCCO1. The fourth-order valence-corrected chi connectivity index (χ4v) is 2.56. The van der Waals surface area contributed by atoms with Gasteiger partial charge in [0.25, 0.3) is 0 Å². The molecule has 1 fully saturated rings. The molecule has 1 unspecified atom stereocenters. The number of hydrogen-bond acceptors (Lipinski definition) is 2. The third-order valence-corrected chi connectivity index (χ3v) is 3.32. The lowest BCUT2D eigenvalue weighted by atomic mass is 10.2. The highest BCUT2D eigenvalue weighted by Crippen LogP contribution is 2.15. The standard InChI is InChI=1S/C13H18BrNO/c1-11-9-15(6-3-7-16-11)10-12-4-2-5-13(14)8-12/h2,4-5,8,11H,3,6-7,9-10H2,1H3. The van der Waals surface area contributed by atoms with Gasteiger partial charge in [0, 0.05) is 30.7 Å². The zero-order valence-electron chi connectivity index (χ0n) is 9.66. The first-order valence-electron chi connectivity index (χ1n) is 5.82. The zero-order chi connectivity index (χ0) is 11.4. The number of hydrogen-bond donors (Lipinski definition) is 0. The molecule has 0 spiro atoms. The van der Waals surface area contributed by atoms with Crippen molar-refractivity contribution in [1.29, 1.82) is 0 Å². The fraction of sp³-hybridized carbons (Fsp3) is 0.538. The second kappa shape index (κ2) is 5.80. The van der Waals surface area contributed by atoms with Crippen LogP contribution in [-0.2, 0) is 11.3 Å². The Labute approximate surface area is 106 Å². The van der Waals surface area contributed by atoms with E-state index in [-0.39, 0.29) is 0 Å². The van der Waals surface area contributed by atoms with E-state index in [1.165, 1.54) is 5.56 Å². The molecule has 1 aromatic rings. The van der Waals surface area contributed by atoms with Crippen LogP contribution < -0.4 is 0 Å². The molecule has 0 amide bonds. The normalized spacial score (nSPS) is 23.0. The predicted molar refractivity (Wildman–Crippen MR) is 69.5 cm³/mol. The van der Waals surface area contributed by atoms with Crippen LogP contribution >= 0.6 is 15.9 Å². The van der Waals surface area contributed by atoms with E-state index in [1.807, 2.05) is 0 Å². The maximum absolute atomic E-state index is 5.64. The Morgan fingerprint density at radius 1 is 1.50 bits per heavy atom. The summed E-state index contributed by atoms with van der Waals surface area (Å²) >= 11 is 3.51. The second-order valence-electron chi connectivity index (χ2n) is 4.40. The van der Waals surface area contributed by atoms with Crippen molar-refractivity contribution >= 4 is 15.9 Å². The van der Waals surface area contributed by atoms with Gasteiger partial charge in [0.05, 0.1) is 6.10 Å². The van der Waals surface area contributed by atoms with Crippen LogP contribution in [0.25, 0.3) is 0 Å². The average molecular weight is 284 g/mol. The number of ether oxygens (including phenoxy) is 1. The van der Waals surface area contributed by atoms with Crippen molar-refractivity contribution in [2.24, 2.45) is 0 Å². The summed E-state index contributed by atoms with van der Waals surface area (Å²) in [6, 6.07) is 8.53. The van der Waals surface area contributed by atoms with Crippen LogP contribution in [0.15, 0.2) is 28.7 Å². The van der Waals surface area contributed by atoms with Gasteiger partial charge in [-0.15, -0.1) is 0 Å². The van der Waals surface area contributed by atoms with E-state index in [9.17, 15) is 0 Å². The molecule has 0 N–H and O–H groups in total. The molecule has 1 aliphatic rings. The number of nitrogens with zero attached hydrogens (tertiary/aromatic N) is 1. The van der Waals surface area contributed by atoms with Gasteiger partial charge in [0.1, 0.15) is 0 Å². The number of benzene rings is 1. The molecule has 3 heteroatoms. The molecule has 2 rings (SSSR count). The average Bonchev–Trinajstić information content (AvgIpc) is 2.43. The van der Waals surface area contributed by atoms with Crippen molar-refractivity contribution in [3.05, 3.63) is 34.3 Å². The first kappa shape index (κ1) is 12.1. The van der Waals surface area contributed by atoms with Gasteiger partial charge < -0.3 is 4.74 Å². The van der Waals surface area contributed by atoms with Gasteiger partial charge >= 0.3 is 0 Å². The van der Waals surface area contributed by atoms with Crippen LogP contribution in [0.3, 0.4) is 0 Å². The monoisotopic (exact) mass is 283 g/mol. The topological polar surface area (TPSA) is 12.5 Å². The van der Waals surface area contributed by atoms with E-state index in [0.29, 0.717) is 6.10 Å². The van der Waals surface area contributed by atoms with E-state index in [0.717, 1.165) is 37.1 Å². The smallest absolute Gasteiger partial charge is 0.0674 e. The van der Waals surface area contributed by atoms with Crippen molar-refractivity contribution in [1.82, 2.24) is 4.90 Å². The fourth-order valence-electron chi connectivity index (χ4n) is 2.12. The Hall–Kier alpha value is -0.380. The summed E-state index contributed by atoms with van der Waals surface area (Å²) in [6.07, 6.45) is 1.49. The van der Waals surface area contributed by atoms with Crippen LogP contribution in [-0.4, -0.2) is 30.7 Å². The van der Waals surface area contributed by atoms with E-state index in [2.05, 4.69) is 52.0 Å². The molecule has 1 aromatic carbocycles. The molecular formula is C13H18BrNO. The lowest BCUT2D eigenvalue weighted by molar-refractivity contribution is 0.0668. The largest absolute Gasteiger partial charge is 0.377 e. The van der Waals surface area contributed by atoms with Gasteiger partial charge in [-0.1, -0.05) is 28.1 Å². The number of rotatable bonds is 2. The third-order valence-electron chi connectivity index (χ3n) is 2.83. The predicted octanol–water partition coefficient (Wildman–Crippen LogP) is 3.06. The van der Waals surface area contributed by atoms with E-state index >= 15 is 0 Å². The lowest BCUT2D eigenvalue weighted by Crippen LogP contribution is -2.29. The van der Waals surface area contributed by atoms with Gasteiger partial charge in [0.2, 0.25) is 0 Å². The van der Waals surface area contributed by atoms with Crippen molar-refractivity contribution in [3.8, 4) is 0 Å². The number of halogens is 1. The Bertz CT molecular complexity index is 342. The molecule has 1 aliphatic heterocycles. The van der Waals surface area contributed by atoms with Crippen molar-refractivity contribution < 1.29 is 4.74 Å². The molecule has 0 saturated carbocycles. The van der Waals surface area contributed by atoms with Crippen LogP contribution in [0.1, 0.15) is 18.9 Å². The summed E-state index contributed by atoms with van der Waals surface area (Å²) in [5.41, 5.74) is 1.36. The minimum absolute atomic E-state index is 0.356. The molecule has 16 heavy (non-hydrogen) atoms. The highest BCUT2D eigenvalue weighted by molar-refractivity contribution is 9.10. The molecule has 0 radical (unpaired) electrons. The van der Waals surface area contributed by atoms with Gasteiger partial charge in [-0.05, 0) is 31.0 Å². The lowest BCUT2D eigenvalue weighted by Gasteiger charge is -2.21. The van der Waals surface area contributed by atoms with Crippen molar-refractivity contribution in [2.75, 3.05) is 19.7 Å². The maximum Gasteiger partial charge on any atom is 0.0674 e. The van der Waals surface area contributed by atoms with E-state index in [4.69, 9.17) is 4.74 Å². The zero-order valence-corrected chi connectivity index (χ0v) is 11.2. The first-order chi connectivity index (χ1) is 7.74. The minimum atomic E-state index is 0.356. The molecule has 1 saturated heterocycles. The quantitative estimate of drug-likeness (QED) is 0.827. The Morgan fingerprint density at radius 2 is 2.38 bits per heavy atom. The molecule has 0 aliphatic carbocycles. The molecule has 88 valence electrons. The molecule has 1 heterocycles. The second-order valence-corrected chi connectivity index (χ2v) is 5.32. The summed E-state index contributed by atoms with van der Waals surface area (Å²) in [6.45, 7) is 6.24. The Kier molecular flexibility index (Phi) is 4.38. The van der Waals surface area contributed by atoms with Gasteiger partial charge in [-0.25, -0.2) is 0 Å². The van der Waals surface area contributed by atoms with Crippen LogP contribution in [0.4, 0.5) is 0 Å². The van der Waals surface area contributed by atoms with Gasteiger partial charge in [-0.3, -0.25) is 4.90 Å². The van der Waals surface area contributed by atoms with Crippen molar-refractivity contribution in [3.63, 3.8) is 0 Å². The Morgan fingerprint density at radius 3 is 3.19 bits per heavy atom. The maximum atomic E-state index is 5.64. The van der Waals surface area contributed by atoms with E-state index < -0.39 is 0 Å². The first-order valence-corrected chi connectivity index (χ1v) is 6.62. The van der Waals surface area contributed by atoms with Gasteiger partial charge in [0.15, 0.2) is 0 Å². The van der Waals surface area contributed by atoms with Crippen LogP contribution in [0.5, 0.6) is 0 Å². The minimum Gasteiger partial charge on any atom is -0.377 e. The molecular weight excluding hydrogens is 266 g/mol. The highest BCUT2D eigenvalue weighted by Gasteiger charge is 2.14. The molecule has 2 nitrogen and oxygen atoms in total. The summed E-state index contributed by atoms with van der Waals surface area (Å²) in [4.78, 5) is 2.47. The summed E-state index contributed by atoms with van der Waals surface area (Å²) in [7, 11) is 0. The van der Waals surface area contributed by atoms with Crippen LogP contribution in [0, 0.1) is 0 Å². The molecule has 0 aromatic heterocycles.